The van der Waals surface area contributed by atoms with Crippen molar-refractivity contribution in [2.24, 2.45) is 0 Å². The van der Waals surface area contributed by atoms with Gasteiger partial charge < -0.3 is 5.73 Å². The second-order valence-electron chi connectivity index (χ2n) is 4.65. The second kappa shape index (κ2) is 5.22. The third-order valence-electron chi connectivity index (χ3n) is 3.23. The molecule has 2 aromatic heterocycles. The number of rotatable bonds is 2. The molecule has 0 saturated carbocycles. The monoisotopic (exact) mass is 319 g/mol. The number of hydrogen-bond acceptors (Lipinski definition) is 5. The maximum absolute atomic E-state index is 5.61. The lowest BCUT2D eigenvalue weighted by atomic mass is 10.1. The van der Waals surface area contributed by atoms with E-state index < -0.39 is 0 Å². The summed E-state index contributed by atoms with van der Waals surface area (Å²) in [4.78, 5) is 15.0. The molecule has 0 saturated heterocycles. The molecule has 0 unspecified atom stereocenters. The summed E-state index contributed by atoms with van der Waals surface area (Å²) in [6.07, 6.45) is 4.66. The summed E-state index contributed by atoms with van der Waals surface area (Å²) in [5, 5.41) is 0. The van der Waals surface area contributed by atoms with Crippen LogP contribution in [-0.4, -0.2) is 26.4 Å². The molecule has 1 aliphatic rings. The minimum absolute atomic E-state index is 0.365. The summed E-state index contributed by atoms with van der Waals surface area (Å²) in [5.41, 5.74) is 9.07. The Morgan fingerprint density at radius 2 is 2.16 bits per heavy atom. The first-order valence-corrected chi connectivity index (χ1v) is 6.93. The summed E-state index contributed by atoms with van der Waals surface area (Å²) in [7, 11) is 0. The number of halogens is 1. The van der Waals surface area contributed by atoms with Crippen LogP contribution in [0, 0.1) is 0 Å². The van der Waals surface area contributed by atoms with Crippen molar-refractivity contribution in [1.29, 1.82) is 0 Å². The lowest BCUT2D eigenvalue weighted by Crippen LogP contribution is -2.31. The molecule has 5 nitrogen and oxygen atoms in total. The van der Waals surface area contributed by atoms with E-state index in [0.717, 1.165) is 36.4 Å². The maximum atomic E-state index is 5.61. The van der Waals surface area contributed by atoms with Crippen molar-refractivity contribution in [3.05, 3.63) is 46.0 Å². The SMILES string of the molecule is Nc1ncc2c(n1)CCN(Cc1ccc(Br)nc1)C2. The molecule has 0 fully saturated rings. The van der Waals surface area contributed by atoms with E-state index in [9.17, 15) is 0 Å². The van der Waals surface area contributed by atoms with E-state index in [1.807, 2.05) is 18.5 Å². The smallest absolute Gasteiger partial charge is 0.220 e. The Balaban J connectivity index is 1.72. The van der Waals surface area contributed by atoms with Crippen molar-refractivity contribution in [3.63, 3.8) is 0 Å². The molecule has 98 valence electrons. The van der Waals surface area contributed by atoms with Gasteiger partial charge in [0.15, 0.2) is 0 Å². The highest BCUT2D eigenvalue weighted by Crippen LogP contribution is 2.19. The minimum Gasteiger partial charge on any atom is -0.368 e. The Morgan fingerprint density at radius 1 is 1.26 bits per heavy atom. The zero-order chi connectivity index (χ0) is 13.2. The van der Waals surface area contributed by atoms with E-state index in [0.29, 0.717) is 5.95 Å². The van der Waals surface area contributed by atoms with Crippen LogP contribution in [0.4, 0.5) is 5.95 Å². The average molecular weight is 320 g/mol. The minimum atomic E-state index is 0.365. The van der Waals surface area contributed by atoms with Gasteiger partial charge in [0, 0.05) is 44.0 Å². The number of nitrogen functional groups attached to an aromatic ring is 1. The molecular weight excluding hydrogens is 306 g/mol. The van der Waals surface area contributed by atoms with Crippen molar-refractivity contribution < 1.29 is 0 Å². The third kappa shape index (κ3) is 2.90. The van der Waals surface area contributed by atoms with E-state index in [2.05, 4.69) is 41.8 Å². The molecule has 3 rings (SSSR count). The van der Waals surface area contributed by atoms with Gasteiger partial charge in [0.1, 0.15) is 4.60 Å². The third-order valence-corrected chi connectivity index (χ3v) is 3.70. The van der Waals surface area contributed by atoms with Gasteiger partial charge in [-0.05, 0) is 27.6 Å². The number of aromatic nitrogens is 3. The number of nitrogens with zero attached hydrogens (tertiary/aromatic N) is 4. The van der Waals surface area contributed by atoms with Gasteiger partial charge in [-0.2, -0.15) is 0 Å². The molecule has 0 bridgehead atoms. The highest BCUT2D eigenvalue weighted by atomic mass is 79.9. The Morgan fingerprint density at radius 3 is 2.95 bits per heavy atom. The summed E-state index contributed by atoms with van der Waals surface area (Å²) >= 11 is 3.35. The zero-order valence-corrected chi connectivity index (χ0v) is 12.0. The Bertz CT molecular complexity index is 584. The van der Waals surface area contributed by atoms with Gasteiger partial charge in [-0.1, -0.05) is 6.07 Å². The fourth-order valence-electron chi connectivity index (χ4n) is 2.28. The van der Waals surface area contributed by atoms with Crippen LogP contribution in [0.25, 0.3) is 0 Å². The number of nitrogens with two attached hydrogens (primary N) is 1. The molecular formula is C13H14BrN5. The van der Waals surface area contributed by atoms with Crippen LogP contribution in [0.15, 0.2) is 29.1 Å². The van der Waals surface area contributed by atoms with Crippen LogP contribution in [0.1, 0.15) is 16.8 Å². The molecule has 0 aliphatic carbocycles. The molecule has 19 heavy (non-hydrogen) atoms. The normalized spacial score (nSPS) is 15.2. The lowest BCUT2D eigenvalue weighted by molar-refractivity contribution is 0.242. The molecule has 0 spiro atoms. The van der Waals surface area contributed by atoms with E-state index in [-0.39, 0.29) is 0 Å². The van der Waals surface area contributed by atoms with Crippen LogP contribution in [0.5, 0.6) is 0 Å². The number of hydrogen-bond donors (Lipinski definition) is 1. The number of pyridine rings is 1. The Labute approximate surface area is 120 Å². The molecule has 0 atom stereocenters. The van der Waals surface area contributed by atoms with Gasteiger partial charge in [0.2, 0.25) is 5.95 Å². The first-order chi connectivity index (χ1) is 9.20. The first-order valence-electron chi connectivity index (χ1n) is 6.14. The van der Waals surface area contributed by atoms with Crippen molar-refractivity contribution in [2.75, 3.05) is 12.3 Å². The van der Waals surface area contributed by atoms with Crippen LogP contribution in [-0.2, 0) is 19.5 Å². The molecule has 2 aromatic rings. The van der Waals surface area contributed by atoms with Crippen molar-refractivity contribution in [1.82, 2.24) is 19.9 Å². The standard InChI is InChI=1S/C13H14BrN5/c14-12-2-1-9(5-16-12)7-19-4-3-11-10(8-19)6-17-13(15)18-11/h1-2,5-6H,3-4,7-8H2,(H2,15,17,18). The van der Waals surface area contributed by atoms with Gasteiger partial charge in [-0.15, -0.1) is 0 Å². The van der Waals surface area contributed by atoms with Crippen LogP contribution < -0.4 is 5.73 Å². The highest BCUT2D eigenvalue weighted by Gasteiger charge is 2.18. The van der Waals surface area contributed by atoms with E-state index in [1.54, 1.807) is 0 Å². The average Bonchev–Trinajstić information content (AvgIpc) is 2.42. The molecule has 0 amide bonds. The summed E-state index contributed by atoms with van der Waals surface area (Å²) < 4.78 is 0.865. The van der Waals surface area contributed by atoms with Crippen LogP contribution in [0.2, 0.25) is 0 Å². The molecule has 1 aliphatic heterocycles. The summed E-state index contributed by atoms with van der Waals surface area (Å²) in [5.74, 6) is 0.365. The fourth-order valence-corrected chi connectivity index (χ4v) is 2.52. The van der Waals surface area contributed by atoms with Gasteiger partial charge in [0.25, 0.3) is 0 Å². The largest absolute Gasteiger partial charge is 0.368 e. The Kier molecular flexibility index (Phi) is 3.44. The van der Waals surface area contributed by atoms with Gasteiger partial charge in [-0.3, -0.25) is 4.90 Å². The second-order valence-corrected chi connectivity index (χ2v) is 5.46. The highest BCUT2D eigenvalue weighted by molar-refractivity contribution is 9.10. The predicted molar refractivity (Wildman–Crippen MR) is 76.2 cm³/mol. The molecule has 0 aromatic carbocycles. The van der Waals surface area contributed by atoms with E-state index in [4.69, 9.17) is 5.73 Å². The lowest BCUT2D eigenvalue weighted by Gasteiger charge is -2.27. The van der Waals surface area contributed by atoms with Crippen molar-refractivity contribution in [3.8, 4) is 0 Å². The van der Waals surface area contributed by atoms with Gasteiger partial charge >= 0.3 is 0 Å². The Hall–Kier alpha value is -1.53. The van der Waals surface area contributed by atoms with Crippen LogP contribution >= 0.6 is 15.9 Å². The van der Waals surface area contributed by atoms with E-state index >= 15 is 0 Å². The molecule has 2 N–H and O–H groups in total. The quantitative estimate of drug-likeness (QED) is 0.854. The summed E-state index contributed by atoms with van der Waals surface area (Å²) in [6.45, 7) is 2.75. The summed E-state index contributed by atoms with van der Waals surface area (Å²) in [6, 6.07) is 4.06. The molecule has 0 radical (unpaired) electrons. The topological polar surface area (TPSA) is 67.9 Å². The fraction of sp³-hybridized carbons (Fsp3) is 0.308. The van der Waals surface area contributed by atoms with Crippen LogP contribution in [0.3, 0.4) is 0 Å². The zero-order valence-electron chi connectivity index (χ0n) is 10.4. The van der Waals surface area contributed by atoms with E-state index in [1.165, 1.54) is 11.1 Å². The number of fused-ring (bicyclic) bond motifs is 1. The number of anilines is 1. The predicted octanol–water partition coefficient (Wildman–Crippen LogP) is 1.77. The van der Waals surface area contributed by atoms with Crippen molar-refractivity contribution >= 4 is 21.9 Å². The molecule has 6 heteroatoms. The van der Waals surface area contributed by atoms with Gasteiger partial charge in [0.05, 0.1) is 5.69 Å². The molecule has 3 heterocycles. The van der Waals surface area contributed by atoms with Crippen molar-refractivity contribution in [2.45, 2.75) is 19.5 Å². The first kappa shape index (κ1) is 12.5. The van der Waals surface area contributed by atoms with Gasteiger partial charge in [-0.25, -0.2) is 15.0 Å². The maximum Gasteiger partial charge on any atom is 0.220 e.